The molecule has 3 aromatic carbocycles. The average Bonchev–Trinajstić information content (AvgIpc) is 2.98. The number of benzene rings is 3. The quantitative estimate of drug-likeness (QED) is 0.118. The van der Waals surface area contributed by atoms with Crippen molar-refractivity contribution in [1.29, 1.82) is 5.41 Å². The van der Waals surface area contributed by atoms with Crippen LogP contribution in [0.3, 0.4) is 0 Å². The topological polar surface area (TPSA) is 152 Å². The molecule has 1 saturated heterocycles. The van der Waals surface area contributed by atoms with Crippen LogP contribution in [0.4, 0.5) is 9.18 Å². The van der Waals surface area contributed by atoms with Gasteiger partial charge in [0.25, 0.3) is 5.91 Å². The fourth-order valence-electron chi connectivity index (χ4n) is 5.79. The number of piperidine rings is 1. The molecule has 0 saturated carbocycles. The van der Waals surface area contributed by atoms with Gasteiger partial charge in [-0.2, -0.15) is 0 Å². The lowest BCUT2D eigenvalue weighted by atomic mass is 9.72. The van der Waals surface area contributed by atoms with Gasteiger partial charge in [-0.15, -0.1) is 0 Å². The van der Waals surface area contributed by atoms with Crippen molar-refractivity contribution < 1.29 is 24.2 Å². The SMILES string of the molecule is Cc1cccc(-c2c(F)cccc2C(O)(CCCNC(=O)O)C2CCCN(C(=O)c3ccc(CNC(=N)N)cc3)C2)c1. The number of rotatable bonds is 10. The highest BCUT2D eigenvalue weighted by Crippen LogP contribution is 2.44. The Morgan fingerprint density at radius 1 is 1.12 bits per heavy atom. The van der Waals surface area contributed by atoms with Crippen LogP contribution >= 0.6 is 0 Å². The molecule has 10 heteroatoms. The third-order valence-electron chi connectivity index (χ3n) is 7.87. The summed E-state index contributed by atoms with van der Waals surface area (Å²) < 4.78 is 15.5. The van der Waals surface area contributed by atoms with Crippen molar-refractivity contribution in [1.82, 2.24) is 15.5 Å². The third-order valence-corrected chi connectivity index (χ3v) is 7.87. The van der Waals surface area contributed by atoms with Crippen LogP contribution in [-0.4, -0.2) is 52.7 Å². The molecule has 2 amide bonds. The van der Waals surface area contributed by atoms with E-state index in [2.05, 4.69) is 10.6 Å². The molecule has 1 aliphatic heterocycles. The van der Waals surface area contributed by atoms with E-state index < -0.39 is 23.4 Å². The lowest BCUT2D eigenvalue weighted by molar-refractivity contribution is -0.0564. The van der Waals surface area contributed by atoms with Crippen molar-refractivity contribution in [2.75, 3.05) is 19.6 Å². The molecule has 4 rings (SSSR count). The molecule has 2 atom stereocenters. The van der Waals surface area contributed by atoms with E-state index in [1.54, 1.807) is 41.3 Å². The number of hydrogen-bond donors (Lipinski definition) is 6. The monoisotopic (exact) mass is 575 g/mol. The number of nitrogens with zero attached hydrogens (tertiary/aromatic N) is 1. The van der Waals surface area contributed by atoms with Gasteiger partial charge in [0.05, 0.1) is 5.60 Å². The highest BCUT2D eigenvalue weighted by molar-refractivity contribution is 5.94. The Balaban J connectivity index is 1.65. The fourth-order valence-corrected chi connectivity index (χ4v) is 5.79. The van der Waals surface area contributed by atoms with E-state index in [1.807, 2.05) is 31.2 Å². The summed E-state index contributed by atoms with van der Waals surface area (Å²) in [5, 5.41) is 34.0. The van der Waals surface area contributed by atoms with E-state index in [4.69, 9.17) is 16.2 Å². The molecule has 7 N–H and O–H groups in total. The summed E-state index contributed by atoms with van der Waals surface area (Å²) in [5.74, 6) is -1.17. The minimum atomic E-state index is -1.53. The Labute approximate surface area is 245 Å². The van der Waals surface area contributed by atoms with Gasteiger partial charge in [0.15, 0.2) is 5.96 Å². The lowest BCUT2D eigenvalue weighted by Gasteiger charge is -2.43. The Hall–Kier alpha value is -4.44. The van der Waals surface area contributed by atoms with E-state index in [0.717, 1.165) is 11.1 Å². The van der Waals surface area contributed by atoms with Crippen LogP contribution in [0, 0.1) is 24.1 Å². The number of carboxylic acid groups (broad SMARTS) is 1. The molecule has 2 unspecified atom stereocenters. The molecule has 42 heavy (non-hydrogen) atoms. The average molecular weight is 576 g/mol. The largest absolute Gasteiger partial charge is 0.465 e. The standard InChI is InChI=1S/C32H38FN5O4/c1-21-6-2-7-24(18-21)28-26(9-3-10-27(28)33)32(42,15-5-16-36-31(40)41)25-8-4-17-38(20-25)29(39)23-13-11-22(12-14-23)19-37-30(34)35/h2-3,6-7,9-14,18,25,36,42H,4-5,8,15-17,19-20H2,1H3,(H,40,41)(H4,34,35,37). The summed E-state index contributed by atoms with van der Waals surface area (Å²) in [7, 11) is 0. The normalized spacial score (nSPS) is 16.4. The van der Waals surface area contributed by atoms with Gasteiger partial charge < -0.3 is 31.5 Å². The molecule has 1 aliphatic rings. The van der Waals surface area contributed by atoms with Crippen LogP contribution in [0.2, 0.25) is 0 Å². The molecule has 0 bridgehead atoms. The molecule has 0 spiro atoms. The minimum absolute atomic E-state index is 0.132. The maximum absolute atomic E-state index is 15.5. The number of aryl methyl sites for hydroxylation is 1. The van der Waals surface area contributed by atoms with Crippen LogP contribution in [0.15, 0.2) is 66.7 Å². The Morgan fingerprint density at radius 3 is 2.55 bits per heavy atom. The molecule has 0 aliphatic carbocycles. The first-order valence-corrected chi connectivity index (χ1v) is 14.1. The molecule has 0 aromatic heterocycles. The Kier molecular flexibility index (Phi) is 9.80. The second kappa shape index (κ2) is 13.5. The van der Waals surface area contributed by atoms with Gasteiger partial charge in [0, 0.05) is 43.2 Å². The van der Waals surface area contributed by atoms with Crippen LogP contribution in [0.1, 0.15) is 52.7 Å². The van der Waals surface area contributed by atoms with Gasteiger partial charge in [-0.05, 0) is 67.5 Å². The molecule has 222 valence electrons. The second-order valence-electron chi connectivity index (χ2n) is 10.8. The fraction of sp³-hybridized carbons (Fsp3) is 0.344. The smallest absolute Gasteiger partial charge is 0.404 e. The molecular formula is C32H38FN5O4. The number of aliphatic hydroxyl groups is 1. The number of hydrogen-bond acceptors (Lipinski definition) is 4. The minimum Gasteiger partial charge on any atom is -0.465 e. The van der Waals surface area contributed by atoms with E-state index >= 15 is 4.39 Å². The van der Waals surface area contributed by atoms with Crippen molar-refractivity contribution in [2.45, 2.75) is 44.8 Å². The number of carbonyl (C=O) groups is 2. The zero-order chi connectivity index (χ0) is 30.3. The van der Waals surface area contributed by atoms with Crippen LogP contribution in [0.5, 0.6) is 0 Å². The highest BCUT2D eigenvalue weighted by Gasteiger charge is 2.43. The number of amides is 2. The lowest BCUT2D eigenvalue weighted by Crippen LogP contribution is -2.48. The zero-order valence-electron chi connectivity index (χ0n) is 23.7. The summed E-state index contributed by atoms with van der Waals surface area (Å²) in [4.78, 5) is 26.3. The van der Waals surface area contributed by atoms with Crippen molar-refractivity contribution in [3.63, 3.8) is 0 Å². The van der Waals surface area contributed by atoms with E-state index in [1.165, 1.54) is 6.07 Å². The first-order valence-electron chi connectivity index (χ1n) is 14.1. The maximum Gasteiger partial charge on any atom is 0.404 e. The first kappa shape index (κ1) is 30.5. The number of guanidine groups is 1. The number of carbonyl (C=O) groups excluding carboxylic acids is 1. The molecular weight excluding hydrogens is 537 g/mol. The summed E-state index contributed by atoms with van der Waals surface area (Å²) >= 11 is 0. The third kappa shape index (κ3) is 7.25. The molecule has 9 nitrogen and oxygen atoms in total. The van der Waals surface area contributed by atoms with Gasteiger partial charge in [-0.3, -0.25) is 10.2 Å². The number of nitrogens with two attached hydrogens (primary N) is 1. The van der Waals surface area contributed by atoms with Crippen molar-refractivity contribution in [2.24, 2.45) is 11.7 Å². The van der Waals surface area contributed by atoms with E-state index in [9.17, 15) is 14.7 Å². The first-order chi connectivity index (χ1) is 20.1. The van der Waals surface area contributed by atoms with E-state index in [0.29, 0.717) is 54.6 Å². The number of likely N-dealkylation sites (tertiary alicyclic amines) is 1. The molecule has 1 fully saturated rings. The van der Waals surface area contributed by atoms with Gasteiger partial charge >= 0.3 is 6.09 Å². The van der Waals surface area contributed by atoms with Crippen molar-refractivity contribution in [3.8, 4) is 11.1 Å². The molecule has 1 heterocycles. The predicted molar refractivity (Wildman–Crippen MR) is 160 cm³/mol. The maximum atomic E-state index is 15.5. The predicted octanol–water partition coefficient (Wildman–Crippen LogP) is 4.57. The zero-order valence-corrected chi connectivity index (χ0v) is 23.7. The number of nitrogens with one attached hydrogen (secondary N) is 3. The van der Waals surface area contributed by atoms with Crippen LogP contribution in [0.25, 0.3) is 11.1 Å². The van der Waals surface area contributed by atoms with Crippen LogP contribution in [-0.2, 0) is 12.1 Å². The van der Waals surface area contributed by atoms with Crippen molar-refractivity contribution >= 4 is 18.0 Å². The van der Waals surface area contributed by atoms with Crippen LogP contribution < -0.4 is 16.4 Å². The molecule has 3 aromatic rings. The Bertz CT molecular complexity index is 1430. The van der Waals surface area contributed by atoms with Gasteiger partial charge in [0.2, 0.25) is 0 Å². The van der Waals surface area contributed by atoms with Gasteiger partial charge in [0.1, 0.15) is 5.82 Å². The van der Waals surface area contributed by atoms with Gasteiger partial charge in [-0.25, -0.2) is 9.18 Å². The summed E-state index contributed by atoms with van der Waals surface area (Å²) in [6.07, 6.45) is 0.628. The molecule has 0 radical (unpaired) electrons. The van der Waals surface area contributed by atoms with E-state index in [-0.39, 0.29) is 31.4 Å². The number of halogens is 1. The van der Waals surface area contributed by atoms with Crippen molar-refractivity contribution in [3.05, 3.63) is 94.8 Å². The summed E-state index contributed by atoms with van der Waals surface area (Å²) in [6, 6.07) is 19.2. The second-order valence-corrected chi connectivity index (χ2v) is 10.8. The summed E-state index contributed by atoms with van der Waals surface area (Å²) in [5.41, 5.74) is 7.55. The highest BCUT2D eigenvalue weighted by atomic mass is 19.1. The summed E-state index contributed by atoms with van der Waals surface area (Å²) in [6.45, 7) is 3.21. The van der Waals surface area contributed by atoms with Gasteiger partial charge in [-0.1, -0.05) is 54.1 Å². The Morgan fingerprint density at radius 2 is 1.86 bits per heavy atom.